The first-order valence-electron chi connectivity index (χ1n) is 10.8. The molecule has 32 heavy (non-hydrogen) atoms. The van der Waals surface area contributed by atoms with Crippen molar-refractivity contribution in [2.75, 3.05) is 31.1 Å². The standard InChI is InChI=1S/C23H27N7OS/c1-23(2,3)30-19-18(13-24-30)20(31)27-22(26-19)29-11-9-28(10-12-29)14-17-15-32-21(25-17)16-7-5-4-6-8-16/h4-8,13,15H,9-12,14H2,1-3H3,(H,26,27,31). The topological polar surface area (TPSA) is 82.9 Å². The number of fused-ring (bicyclic) bond motifs is 1. The van der Waals surface area contributed by atoms with Crippen LogP contribution < -0.4 is 10.5 Å². The summed E-state index contributed by atoms with van der Waals surface area (Å²) in [6, 6.07) is 10.3. The van der Waals surface area contributed by atoms with Crippen molar-refractivity contribution in [3.8, 4) is 10.6 Å². The Bertz CT molecular complexity index is 1280. The van der Waals surface area contributed by atoms with Crippen molar-refractivity contribution in [3.05, 3.63) is 58.0 Å². The summed E-state index contributed by atoms with van der Waals surface area (Å²) in [6.07, 6.45) is 1.60. The van der Waals surface area contributed by atoms with Crippen LogP contribution in [0.1, 0.15) is 26.5 Å². The number of benzene rings is 1. The molecule has 1 aromatic carbocycles. The van der Waals surface area contributed by atoms with Gasteiger partial charge in [0.25, 0.3) is 5.56 Å². The van der Waals surface area contributed by atoms with Crippen molar-refractivity contribution in [2.24, 2.45) is 0 Å². The van der Waals surface area contributed by atoms with Crippen molar-refractivity contribution in [1.82, 2.24) is 29.6 Å². The summed E-state index contributed by atoms with van der Waals surface area (Å²) in [4.78, 5) is 29.7. The Labute approximate surface area is 190 Å². The Morgan fingerprint density at radius 2 is 1.81 bits per heavy atom. The molecule has 0 amide bonds. The van der Waals surface area contributed by atoms with Gasteiger partial charge in [-0.2, -0.15) is 10.1 Å². The third-order valence-corrected chi connectivity index (χ3v) is 6.63. The van der Waals surface area contributed by atoms with E-state index in [4.69, 9.17) is 9.97 Å². The van der Waals surface area contributed by atoms with E-state index < -0.39 is 0 Å². The number of rotatable bonds is 4. The number of nitrogens with one attached hydrogen (secondary N) is 1. The normalized spacial score (nSPS) is 15.5. The van der Waals surface area contributed by atoms with Crippen LogP contribution in [0.4, 0.5) is 5.95 Å². The highest BCUT2D eigenvalue weighted by Gasteiger charge is 2.23. The maximum Gasteiger partial charge on any atom is 0.263 e. The van der Waals surface area contributed by atoms with Gasteiger partial charge in [-0.3, -0.25) is 14.7 Å². The molecule has 1 fully saturated rings. The van der Waals surface area contributed by atoms with Gasteiger partial charge >= 0.3 is 0 Å². The van der Waals surface area contributed by atoms with Gasteiger partial charge in [0.15, 0.2) is 5.65 Å². The minimum absolute atomic E-state index is 0.140. The third-order valence-electron chi connectivity index (χ3n) is 5.69. The lowest BCUT2D eigenvalue weighted by Gasteiger charge is -2.34. The summed E-state index contributed by atoms with van der Waals surface area (Å²) >= 11 is 1.69. The lowest BCUT2D eigenvalue weighted by Crippen LogP contribution is -2.47. The van der Waals surface area contributed by atoms with Gasteiger partial charge in [0.05, 0.1) is 17.4 Å². The molecule has 0 spiro atoms. The molecular formula is C23H27N7OS. The van der Waals surface area contributed by atoms with Gasteiger partial charge in [-0.1, -0.05) is 30.3 Å². The molecule has 0 saturated carbocycles. The lowest BCUT2D eigenvalue weighted by molar-refractivity contribution is 0.246. The van der Waals surface area contributed by atoms with Crippen molar-refractivity contribution in [2.45, 2.75) is 32.9 Å². The molecule has 1 saturated heterocycles. The molecule has 3 aromatic heterocycles. The second kappa shape index (κ2) is 8.14. The van der Waals surface area contributed by atoms with E-state index in [-0.39, 0.29) is 11.1 Å². The molecule has 0 unspecified atom stereocenters. The number of hydrogen-bond acceptors (Lipinski definition) is 7. The Hall–Kier alpha value is -3.04. The summed E-state index contributed by atoms with van der Waals surface area (Å²) in [5.41, 5.74) is 2.51. The summed E-state index contributed by atoms with van der Waals surface area (Å²) in [5, 5.41) is 8.13. The molecule has 1 aliphatic heterocycles. The van der Waals surface area contributed by atoms with Gasteiger partial charge in [-0.25, -0.2) is 9.67 Å². The first-order chi connectivity index (χ1) is 15.4. The number of thiazole rings is 1. The van der Waals surface area contributed by atoms with Crippen LogP contribution in [0.3, 0.4) is 0 Å². The Morgan fingerprint density at radius 3 is 2.53 bits per heavy atom. The van der Waals surface area contributed by atoms with E-state index in [9.17, 15) is 4.79 Å². The van der Waals surface area contributed by atoms with Crippen LogP contribution in [0.25, 0.3) is 21.6 Å². The van der Waals surface area contributed by atoms with Crippen LogP contribution in [-0.4, -0.2) is 55.8 Å². The van der Waals surface area contributed by atoms with E-state index in [0.717, 1.165) is 49.0 Å². The van der Waals surface area contributed by atoms with Gasteiger partial charge < -0.3 is 4.90 Å². The fourth-order valence-electron chi connectivity index (χ4n) is 3.99. The number of aromatic nitrogens is 5. The van der Waals surface area contributed by atoms with Gasteiger partial charge in [0.2, 0.25) is 5.95 Å². The van der Waals surface area contributed by atoms with Crippen molar-refractivity contribution >= 4 is 28.3 Å². The highest BCUT2D eigenvalue weighted by molar-refractivity contribution is 7.13. The minimum Gasteiger partial charge on any atom is -0.340 e. The maximum absolute atomic E-state index is 12.6. The number of H-pyrrole nitrogens is 1. The van der Waals surface area contributed by atoms with Crippen molar-refractivity contribution in [1.29, 1.82) is 0 Å². The number of nitrogens with zero attached hydrogens (tertiary/aromatic N) is 6. The molecular weight excluding hydrogens is 422 g/mol. The van der Waals surface area contributed by atoms with Gasteiger partial charge in [0.1, 0.15) is 10.4 Å². The van der Waals surface area contributed by atoms with Crippen molar-refractivity contribution < 1.29 is 0 Å². The first-order valence-corrected chi connectivity index (χ1v) is 11.7. The van der Waals surface area contributed by atoms with E-state index in [2.05, 4.69) is 58.2 Å². The highest BCUT2D eigenvalue weighted by Crippen LogP contribution is 2.24. The maximum atomic E-state index is 12.6. The van der Waals surface area contributed by atoms with Crippen LogP contribution >= 0.6 is 11.3 Å². The zero-order valence-electron chi connectivity index (χ0n) is 18.6. The summed E-state index contributed by atoms with van der Waals surface area (Å²) in [5.74, 6) is 0.619. The summed E-state index contributed by atoms with van der Waals surface area (Å²) in [7, 11) is 0. The molecule has 0 aliphatic carbocycles. The second-order valence-corrected chi connectivity index (χ2v) is 9.99. The highest BCUT2D eigenvalue weighted by atomic mass is 32.1. The minimum atomic E-state index is -0.245. The molecule has 8 nitrogen and oxygen atoms in total. The van der Waals surface area contributed by atoms with Gasteiger partial charge in [0, 0.05) is 43.7 Å². The third kappa shape index (κ3) is 4.05. The van der Waals surface area contributed by atoms with Crippen molar-refractivity contribution in [3.63, 3.8) is 0 Å². The Balaban J connectivity index is 1.27. The smallest absolute Gasteiger partial charge is 0.263 e. The van der Waals surface area contributed by atoms with Crippen LogP contribution in [0.2, 0.25) is 0 Å². The zero-order chi connectivity index (χ0) is 22.3. The molecule has 166 valence electrons. The number of hydrogen-bond donors (Lipinski definition) is 1. The molecule has 0 atom stereocenters. The quantitative estimate of drug-likeness (QED) is 0.515. The van der Waals surface area contributed by atoms with E-state index in [1.54, 1.807) is 17.5 Å². The van der Waals surface area contributed by atoms with E-state index in [1.165, 1.54) is 0 Å². The van der Waals surface area contributed by atoms with E-state index in [1.807, 2.05) is 22.9 Å². The number of anilines is 1. The molecule has 1 aliphatic rings. The largest absolute Gasteiger partial charge is 0.340 e. The Morgan fingerprint density at radius 1 is 1.06 bits per heavy atom. The molecule has 5 rings (SSSR count). The lowest BCUT2D eigenvalue weighted by atomic mass is 10.1. The van der Waals surface area contributed by atoms with Crippen LogP contribution in [-0.2, 0) is 12.1 Å². The molecule has 4 aromatic rings. The Kier molecular flexibility index (Phi) is 5.30. The number of aromatic amines is 1. The van der Waals surface area contributed by atoms with Crippen LogP contribution in [0, 0.1) is 0 Å². The molecule has 0 bridgehead atoms. The predicted octanol–water partition coefficient (Wildman–Crippen LogP) is 3.32. The van der Waals surface area contributed by atoms with Crippen LogP contribution in [0.5, 0.6) is 0 Å². The summed E-state index contributed by atoms with van der Waals surface area (Å²) < 4.78 is 1.82. The summed E-state index contributed by atoms with van der Waals surface area (Å²) in [6.45, 7) is 10.4. The average molecular weight is 450 g/mol. The van der Waals surface area contributed by atoms with E-state index in [0.29, 0.717) is 17.0 Å². The van der Waals surface area contributed by atoms with Gasteiger partial charge in [-0.05, 0) is 20.8 Å². The van der Waals surface area contributed by atoms with Crippen LogP contribution in [0.15, 0.2) is 46.7 Å². The van der Waals surface area contributed by atoms with E-state index >= 15 is 0 Å². The average Bonchev–Trinajstić information content (AvgIpc) is 3.42. The predicted molar refractivity (Wildman–Crippen MR) is 128 cm³/mol. The second-order valence-electron chi connectivity index (χ2n) is 9.13. The molecule has 1 N–H and O–H groups in total. The SMILES string of the molecule is CC(C)(C)n1ncc2c(=O)[nH]c(N3CCN(Cc4csc(-c5ccccc5)n4)CC3)nc21. The molecule has 9 heteroatoms. The molecule has 0 radical (unpaired) electrons. The zero-order valence-corrected chi connectivity index (χ0v) is 19.4. The fraction of sp³-hybridized carbons (Fsp3) is 0.391. The number of piperazine rings is 1. The molecule has 4 heterocycles. The first kappa shape index (κ1) is 20.8. The van der Waals surface area contributed by atoms with Gasteiger partial charge in [-0.15, -0.1) is 11.3 Å². The monoisotopic (exact) mass is 449 g/mol. The fourth-order valence-corrected chi connectivity index (χ4v) is 4.80.